The quantitative estimate of drug-likeness (QED) is 0.533. The van der Waals surface area contributed by atoms with Crippen molar-refractivity contribution in [2.45, 2.75) is 20.3 Å². The van der Waals surface area contributed by atoms with E-state index in [1.54, 1.807) is 0 Å². The molecule has 1 aromatic rings. The fraction of sp³-hybridized carbons (Fsp3) is 0.600. The second kappa shape index (κ2) is 2.05. The number of hydrogen-bond acceptors (Lipinski definition) is 3. The zero-order valence-electron chi connectivity index (χ0n) is 5.63. The summed E-state index contributed by atoms with van der Waals surface area (Å²) in [7, 11) is 0. The lowest BCUT2D eigenvalue weighted by atomic mass is 10.3. The van der Waals surface area contributed by atoms with E-state index < -0.39 is 0 Å². The summed E-state index contributed by atoms with van der Waals surface area (Å²) in [6, 6.07) is 0. The molecule has 0 atom stereocenters. The third kappa shape index (κ3) is 0.872. The molecule has 4 heteroatoms. The maximum atomic E-state index is 5.39. The monoisotopic (exact) mass is 126 g/mol. The van der Waals surface area contributed by atoms with Gasteiger partial charge in [0.05, 0.1) is 11.4 Å². The number of nitrogens with zero attached hydrogens (tertiary/aromatic N) is 3. The molecule has 1 rings (SSSR count). The molecule has 0 unspecified atom stereocenters. The molecule has 4 nitrogen and oxygen atoms in total. The van der Waals surface area contributed by atoms with E-state index in [4.69, 9.17) is 5.84 Å². The first-order chi connectivity index (χ1) is 4.25. The van der Waals surface area contributed by atoms with E-state index in [1.807, 2.05) is 13.8 Å². The Kier molecular flexibility index (Phi) is 1.38. The van der Waals surface area contributed by atoms with Gasteiger partial charge in [-0.15, -0.1) is 5.10 Å². The molecule has 50 valence electrons. The number of aryl methyl sites for hydroxylation is 1. The highest BCUT2D eigenvalue weighted by Crippen LogP contribution is 1.99. The normalized spacial score (nSPS) is 10.0. The number of hydrogen-bond donors (Lipinski definition) is 1. The standard InChI is InChI=1S/C5H10N4/c1-3-5-4(2)7-8-9(5)6/h3,6H2,1-2H3. The summed E-state index contributed by atoms with van der Waals surface area (Å²) < 4.78 is 0. The first-order valence-electron chi connectivity index (χ1n) is 2.92. The van der Waals surface area contributed by atoms with E-state index in [2.05, 4.69) is 10.3 Å². The predicted octanol–water partition coefficient (Wildman–Crippen LogP) is -0.137. The summed E-state index contributed by atoms with van der Waals surface area (Å²) >= 11 is 0. The lowest BCUT2D eigenvalue weighted by molar-refractivity contribution is 0.730. The van der Waals surface area contributed by atoms with Crippen molar-refractivity contribution < 1.29 is 0 Å². The molecule has 0 radical (unpaired) electrons. The second-order valence-corrected chi connectivity index (χ2v) is 1.92. The zero-order valence-corrected chi connectivity index (χ0v) is 5.63. The molecule has 0 amide bonds. The van der Waals surface area contributed by atoms with Gasteiger partial charge in [-0.05, 0) is 18.6 Å². The number of aromatic nitrogens is 3. The Labute approximate surface area is 53.6 Å². The molecule has 0 saturated heterocycles. The van der Waals surface area contributed by atoms with Crippen LogP contribution < -0.4 is 5.84 Å². The van der Waals surface area contributed by atoms with Crippen molar-refractivity contribution in [1.29, 1.82) is 0 Å². The molecule has 0 aromatic carbocycles. The maximum Gasteiger partial charge on any atom is 0.0850 e. The lowest BCUT2D eigenvalue weighted by Crippen LogP contribution is -2.13. The van der Waals surface area contributed by atoms with Gasteiger partial charge in [-0.25, -0.2) is 0 Å². The SMILES string of the molecule is CCc1c(C)nnn1N. The van der Waals surface area contributed by atoms with E-state index in [0.29, 0.717) is 0 Å². The van der Waals surface area contributed by atoms with Gasteiger partial charge in [0.2, 0.25) is 0 Å². The minimum absolute atomic E-state index is 0.884. The first kappa shape index (κ1) is 6.07. The van der Waals surface area contributed by atoms with Crippen molar-refractivity contribution in [3.8, 4) is 0 Å². The van der Waals surface area contributed by atoms with Gasteiger partial charge in [0.1, 0.15) is 0 Å². The van der Waals surface area contributed by atoms with Crippen LogP contribution in [0.3, 0.4) is 0 Å². The van der Waals surface area contributed by atoms with E-state index in [1.165, 1.54) is 4.79 Å². The van der Waals surface area contributed by atoms with E-state index in [0.717, 1.165) is 17.8 Å². The molecule has 0 aliphatic rings. The van der Waals surface area contributed by atoms with Gasteiger partial charge in [0.25, 0.3) is 0 Å². The minimum atomic E-state index is 0.884. The molecule has 2 N–H and O–H groups in total. The summed E-state index contributed by atoms with van der Waals surface area (Å²) in [5.41, 5.74) is 1.91. The Bertz CT molecular complexity index is 183. The van der Waals surface area contributed by atoms with Crippen molar-refractivity contribution in [3.05, 3.63) is 11.4 Å². The molecular formula is C5H10N4. The van der Waals surface area contributed by atoms with Crippen LogP contribution in [0.5, 0.6) is 0 Å². The summed E-state index contributed by atoms with van der Waals surface area (Å²) in [6.45, 7) is 3.92. The lowest BCUT2D eigenvalue weighted by Gasteiger charge is -1.93. The number of rotatable bonds is 1. The average molecular weight is 126 g/mol. The number of nitrogen functional groups attached to an aromatic ring is 1. The summed E-state index contributed by atoms with van der Waals surface area (Å²) in [5, 5.41) is 7.41. The van der Waals surface area contributed by atoms with Gasteiger partial charge >= 0.3 is 0 Å². The second-order valence-electron chi connectivity index (χ2n) is 1.92. The van der Waals surface area contributed by atoms with Crippen molar-refractivity contribution in [1.82, 2.24) is 15.1 Å². The Balaban J connectivity index is 3.07. The first-order valence-corrected chi connectivity index (χ1v) is 2.92. The van der Waals surface area contributed by atoms with Crippen LogP contribution in [0.2, 0.25) is 0 Å². The van der Waals surface area contributed by atoms with Gasteiger partial charge in [-0.2, -0.15) is 4.79 Å². The number of nitrogens with two attached hydrogens (primary N) is 1. The molecule has 0 spiro atoms. The molecule has 0 fully saturated rings. The molecule has 0 saturated carbocycles. The van der Waals surface area contributed by atoms with Gasteiger partial charge in [-0.3, -0.25) is 0 Å². The molecule has 0 aliphatic carbocycles. The summed E-state index contributed by atoms with van der Waals surface area (Å²) in [4.78, 5) is 1.31. The summed E-state index contributed by atoms with van der Waals surface area (Å²) in [6.07, 6.45) is 0.884. The highest BCUT2D eigenvalue weighted by molar-refractivity contribution is 5.06. The van der Waals surface area contributed by atoms with Crippen LogP contribution in [-0.2, 0) is 6.42 Å². The molecule has 1 aromatic heterocycles. The molecule has 0 bridgehead atoms. The highest BCUT2D eigenvalue weighted by Gasteiger charge is 2.01. The Morgan fingerprint density at radius 2 is 2.33 bits per heavy atom. The predicted molar refractivity (Wildman–Crippen MR) is 34.3 cm³/mol. The maximum absolute atomic E-state index is 5.39. The molecule has 9 heavy (non-hydrogen) atoms. The Hall–Kier alpha value is -1.06. The van der Waals surface area contributed by atoms with Crippen molar-refractivity contribution in [2.24, 2.45) is 0 Å². The van der Waals surface area contributed by atoms with Gasteiger partial charge in [0, 0.05) is 0 Å². The molecule has 0 aliphatic heterocycles. The molecular weight excluding hydrogens is 116 g/mol. The van der Waals surface area contributed by atoms with Crippen molar-refractivity contribution in [2.75, 3.05) is 5.84 Å². The average Bonchev–Trinajstić information content (AvgIpc) is 2.12. The highest BCUT2D eigenvalue weighted by atomic mass is 15.6. The fourth-order valence-electron chi connectivity index (χ4n) is 0.811. The largest absolute Gasteiger partial charge is 0.322 e. The third-order valence-electron chi connectivity index (χ3n) is 1.32. The van der Waals surface area contributed by atoms with E-state index >= 15 is 0 Å². The van der Waals surface area contributed by atoms with Crippen LogP contribution in [-0.4, -0.2) is 15.1 Å². The van der Waals surface area contributed by atoms with Crippen LogP contribution in [0.4, 0.5) is 0 Å². The van der Waals surface area contributed by atoms with Gasteiger partial charge in [0.15, 0.2) is 0 Å². The van der Waals surface area contributed by atoms with E-state index in [-0.39, 0.29) is 0 Å². The third-order valence-corrected chi connectivity index (χ3v) is 1.32. The van der Waals surface area contributed by atoms with Crippen LogP contribution in [0.15, 0.2) is 0 Å². The van der Waals surface area contributed by atoms with Crippen LogP contribution >= 0.6 is 0 Å². The van der Waals surface area contributed by atoms with Crippen LogP contribution in [0.25, 0.3) is 0 Å². The van der Waals surface area contributed by atoms with Crippen LogP contribution in [0, 0.1) is 6.92 Å². The smallest absolute Gasteiger partial charge is 0.0850 e. The van der Waals surface area contributed by atoms with Crippen molar-refractivity contribution in [3.63, 3.8) is 0 Å². The minimum Gasteiger partial charge on any atom is -0.322 e. The summed E-state index contributed by atoms with van der Waals surface area (Å²) in [5.74, 6) is 5.39. The zero-order chi connectivity index (χ0) is 6.85. The van der Waals surface area contributed by atoms with Gasteiger partial charge < -0.3 is 5.84 Å². The Morgan fingerprint density at radius 1 is 1.67 bits per heavy atom. The van der Waals surface area contributed by atoms with Gasteiger partial charge in [-0.1, -0.05) is 6.92 Å². The fourth-order valence-corrected chi connectivity index (χ4v) is 0.811. The van der Waals surface area contributed by atoms with Crippen LogP contribution in [0.1, 0.15) is 18.3 Å². The van der Waals surface area contributed by atoms with Crippen molar-refractivity contribution >= 4 is 0 Å². The Morgan fingerprint density at radius 3 is 2.56 bits per heavy atom. The molecule has 1 heterocycles. The van der Waals surface area contributed by atoms with E-state index in [9.17, 15) is 0 Å². The topological polar surface area (TPSA) is 56.7 Å².